The summed E-state index contributed by atoms with van der Waals surface area (Å²) < 4.78 is 0. The van der Waals surface area contributed by atoms with Crippen LogP contribution in [-0.4, -0.2) is 60.5 Å². The van der Waals surface area contributed by atoms with E-state index in [1.54, 1.807) is 0 Å². The number of nitrogens with zero attached hydrogens (tertiary/aromatic N) is 2. The molecule has 1 unspecified atom stereocenters. The van der Waals surface area contributed by atoms with Crippen molar-refractivity contribution in [1.29, 1.82) is 0 Å². The van der Waals surface area contributed by atoms with Crippen LogP contribution in [0.1, 0.15) is 32.8 Å². The van der Waals surface area contributed by atoms with Gasteiger partial charge in [0, 0.05) is 44.8 Å². The van der Waals surface area contributed by atoms with Crippen molar-refractivity contribution in [3.8, 4) is 0 Å². The van der Waals surface area contributed by atoms with Gasteiger partial charge in [-0.15, -0.1) is 0 Å². The summed E-state index contributed by atoms with van der Waals surface area (Å²) in [5.74, 6) is 0.598. The third-order valence-corrected chi connectivity index (χ3v) is 4.83. The van der Waals surface area contributed by atoms with Gasteiger partial charge in [-0.25, -0.2) is 0 Å². The molecule has 0 radical (unpaired) electrons. The summed E-state index contributed by atoms with van der Waals surface area (Å²) in [7, 11) is 0. The Morgan fingerprint density at radius 2 is 1.76 bits per heavy atom. The van der Waals surface area contributed by atoms with Gasteiger partial charge in [-0.3, -0.25) is 14.6 Å². The minimum Gasteiger partial charge on any atom is -0.349 e. The molecule has 0 aromatic heterocycles. The summed E-state index contributed by atoms with van der Waals surface area (Å²) in [5.41, 5.74) is 6.94. The quantitative estimate of drug-likeness (QED) is 0.752. The average Bonchev–Trinajstić information content (AvgIpc) is 2.56. The van der Waals surface area contributed by atoms with E-state index in [0.29, 0.717) is 19.0 Å². The summed E-state index contributed by atoms with van der Waals surface area (Å²) in [6.45, 7) is 12.2. The van der Waals surface area contributed by atoms with Crippen molar-refractivity contribution in [2.75, 3.05) is 39.3 Å². The lowest BCUT2D eigenvalue weighted by atomic mass is 9.90. The zero-order chi connectivity index (χ0) is 18.3. The van der Waals surface area contributed by atoms with Crippen molar-refractivity contribution < 1.29 is 4.79 Å². The first-order valence-corrected chi connectivity index (χ1v) is 9.40. The molecule has 1 saturated heterocycles. The number of piperazine rings is 1. The summed E-state index contributed by atoms with van der Waals surface area (Å²) in [4.78, 5) is 17.1. The van der Waals surface area contributed by atoms with Gasteiger partial charge in [0.15, 0.2) is 0 Å². The summed E-state index contributed by atoms with van der Waals surface area (Å²) in [6.07, 6.45) is 0.903. The maximum absolute atomic E-state index is 12.4. The van der Waals surface area contributed by atoms with Gasteiger partial charge in [0.05, 0.1) is 6.54 Å². The van der Waals surface area contributed by atoms with E-state index in [1.165, 1.54) is 5.56 Å². The normalized spacial score (nSPS) is 18.9. The number of carbonyl (C=O) groups excluding carboxylic acids is 1. The zero-order valence-electron chi connectivity index (χ0n) is 16.0. The van der Waals surface area contributed by atoms with Crippen molar-refractivity contribution in [3.05, 3.63) is 35.9 Å². The van der Waals surface area contributed by atoms with Crippen LogP contribution in [0.2, 0.25) is 0 Å². The largest absolute Gasteiger partial charge is 0.349 e. The Morgan fingerprint density at radius 1 is 1.16 bits per heavy atom. The lowest BCUT2D eigenvalue weighted by molar-refractivity contribution is -0.124. The molecule has 140 valence electrons. The van der Waals surface area contributed by atoms with Crippen molar-refractivity contribution >= 4 is 5.91 Å². The molecule has 1 heterocycles. The fraction of sp³-hybridized carbons (Fsp3) is 0.650. The fourth-order valence-corrected chi connectivity index (χ4v) is 3.61. The third kappa shape index (κ3) is 6.77. The van der Waals surface area contributed by atoms with E-state index in [1.807, 2.05) is 6.92 Å². The van der Waals surface area contributed by atoms with Gasteiger partial charge >= 0.3 is 0 Å². The minimum atomic E-state index is -0.305. The standard InChI is InChI=1S/C20H34N4O/c1-17(2)13-20(3,16-21)22-19(25)15-24-11-9-23(10-12-24)14-18-7-5-4-6-8-18/h4-8,17H,9-16,21H2,1-3H3,(H,22,25). The minimum absolute atomic E-state index is 0.0881. The number of nitrogens with one attached hydrogen (secondary N) is 1. The molecule has 1 atom stereocenters. The number of carbonyl (C=O) groups is 1. The molecule has 5 heteroatoms. The lowest BCUT2D eigenvalue weighted by Crippen LogP contribution is -2.56. The molecule has 0 spiro atoms. The highest BCUT2D eigenvalue weighted by Crippen LogP contribution is 2.15. The van der Waals surface area contributed by atoms with Crippen molar-refractivity contribution in [2.24, 2.45) is 11.7 Å². The maximum Gasteiger partial charge on any atom is 0.234 e. The second-order valence-electron chi connectivity index (χ2n) is 7.95. The predicted octanol–water partition coefficient (Wildman–Crippen LogP) is 1.68. The van der Waals surface area contributed by atoms with Gasteiger partial charge in [0.25, 0.3) is 0 Å². The molecule has 1 aliphatic heterocycles. The molecule has 2 rings (SSSR count). The first-order chi connectivity index (χ1) is 11.9. The van der Waals surface area contributed by atoms with E-state index in [-0.39, 0.29) is 11.4 Å². The third-order valence-electron chi connectivity index (χ3n) is 4.83. The molecule has 5 nitrogen and oxygen atoms in total. The van der Waals surface area contributed by atoms with Crippen LogP contribution in [0.5, 0.6) is 0 Å². The number of amides is 1. The monoisotopic (exact) mass is 346 g/mol. The van der Waals surface area contributed by atoms with Gasteiger partial charge in [0.2, 0.25) is 5.91 Å². The highest BCUT2D eigenvalue weighted by atomic mass is 16.2. The topological polar surface area (TPSA) is 61.6 Å². The Kier molecular flexibility index (Phi) is 7.41. The molecule has 0 bridgehead atoms. The predicted molar refractivity (Wildman–Crippen MR) is 103 cm³/mol. The second-order valence-corrected chi connectivity index (χ2v) is 7.95. The number of hydrogen-bond donors (Lipinski definition) is 2. The average molecular weight is 347 g/mol. The maximum atomic E-state index is 12.4. The Labute approximate surface area is 152 Å². The Balaban J connectivity index is 1.74. The van der Waals surface area contributed by atoms with Crippen LogP contribution in [0.4, 0.5) is 0 Å². The molecule has 1 amide bonds. The molecule has 0 aliphatic carbocycles. The van der Waals surface area contributed by atoms with Crippen molar-refractivity contribution in [3.63, 3.8) is 0 Å². The molecule has 1 aromatic carbocycles. The van der Waals surface area contributed by atoms with Crippen LogP contribution in [-0.2, 0) is 11.3 Å². The molecule has 1 fully saturated rings. The van der Waals surface area contributed by atoms with Crippen LogP contribution in [0, 0.1) is 5.92 Å². The number of hydrogen-bond acceptors (Lipinski definition) is 4. The summed E-state index contributed by atoms with van der Waals surface area (Å²) in [5, 5.41) is 3.15. The highest BCUT2D eigenvalue weighted by Gasteiger charge is 2.27. The summed E-state index contributed by atoms with van der Waals surface area (Å²) >= 11 is 0. The molecular formula is C20H34N4O. The van der Waals surface area contributed by atoms with Crippen LogP contribution >= 0.6 is 0 Å². The van der Waals surface area contributed by atoms with Gasteiger partial charge < -0.3 is 11.1 Å². The smallest absolute Gasteiger partial charge is 0.234 e. The van der Waals surface area contributed by atoms with Crippen molar-refractivity contribution in [2.45, 2.75) is 39.3 Å². The van der Waals surface area contributed by atoms with E-state index < -0.39 is 0 Å². The van der Waals surface area contributed by atoms with E-state index in [0.717, 1.165) is 39.1 Å². The van der Waals surface area contributed by atoms with Gasteiger partial charge in [-0.1, -0.05) is 44.2 Å². The summed E-state index contributed by atoms with van der Waals surface area (Å²) in [6, 6.07) is 10.6. The van der Waals surface area contributed by atoms with Crippen LogP contribution in [0.3, 0.4) is 0 Å². The Hall–Kier alpha value is -1.43. The molecule has 0 saturated carbocycles. The molecular weight excluding hydrogens is 312 g/mol. The lowest BCUT2D eigenvalue weighted by Gasteiger charge is -2.36. The van der Waals surface area contributed by atoms with Crippen LogP contribution in [0.25, 0.3) is 0 Å². The van der Waals surface area contributed by atoms with Crippen molar-refractivity contribution in [1.82, 2.24) is 15.1 Å². The molecule has 1 aliphatic rings. The van der Waals surface area contributed by atoms with Gasteiger partial charge in [-0.2, -0.15) is 0 Å². The van der Waals surface area contributed by atoms with Gasteiger partial charge in [-0.05, 0) is 24.8 Å². The highest BCUT2D eigenvalue weighted by molar-refractivity contribution is 5.78. The second kappa shape index (κ2) is 9.32. The van der Waals surface area contributed by atoms with Gasteiger partial charge in [0.1, 0.15) is 0 Å². The van der Waals surface area contributed by atoms with E-state index in [9.17, 15) is 4.79 Å². The first-order valence-electron chi connectivity index (χ1n) is 9.40. The van der Waals surface area contributed by atoms with E-state index >= 15 is 0 Å². The van der Waals surface area contributed by atoms with E-state index in [2.05, 4.69) is 59.3 Å². The molecule has 3 N–H and O–H groups in total. The number of nitrogens with two attached hydrogens (primary N) is 1. The fourth-order valence-electron chi connectivity index (χ4n) is 3.61. The Bertz CT molecular complexity index is 526. The Morgan fingerprint density at radius 3 is 2.32 bits per heavy atom. The first kappa shape index (κ1) is 19.9. The molecule has 25 heavy (non-hydrogen) atoms. The number of benzene rings is 1. The van der Waals surface area contributed by atoms with E-state index in [4.69, 9.17) is 5.73 Å². The van der Waals surface area contributed by atoms with Crippen LogP contribution in [0.15, 0.2) is 30.3 Å². The van der Waals surface area contributed by atoms with Crippen LogP contribution < -0.4 is 11.1 Å². The molecule has 1 aromatic rings. The number of rotatable bonds is 8. The SMILES string of the molecule is CC(C)CC(C)(CN)NC(=O)CN1CCN(Cc2ccccc2)CC1. The zero-order valence-corrected chi connectivity index (χ0v) is 16.0.